The lowest BCUT2D eigenvalue weighted by Gasteiger charge is -2.09. The van der Waals surface area contributed by atoms with Gasteiger partial charge in [0.2, 0.25) is 11.9 Å². The summed E-state index contributed by atoms with van der Waals surface area (Å²) in [4.78, 5) is 7.17. The van der Waals surface area contributed by atoms with Crippen molar-refractivity contribution in [2.75, 3.05) is 11.1 Å². The van der Waals surface area contributed by atoms with Crippen LogP contribution in [0.4, 0.5) is 17.6 Å². The fourth-order valence-corrected chi connectivity index (χ4v) is 4.77. The maximum absolute atomic E-state index is 13.4. The lowest BCUT2D eigenvalue weighted by Crippen LogP contribution is -2.17. The van der Waals surface area contributed by atoms with Crippen LogP contribution in [-0.4, -0.2) is 22.6 Å². The van der Waals surface area contributed by atoms with E-state index in [-0.39, 0.29) is 21.8 Å². The van der Waals surface area contributed by atoms with Crippen LogP contribution >= 0.6 is 11.6 Å². The van der Waals surface area contributed by atoms with Gasteiger partial charge in [0.25, 0.3) is 10.0 Å². The Kier molecular flexibility index (Phi) is 5.71. The first-order valence-electron chi connectivity index (χ1n) is 9.34. The van der Waals surface area contributed by atoms with E-state index in [1.165, 1.54) is 24.4 Å². The van der Waals surface area contributed by atoms with Gasteiger partial charge in [-0.2, -0.15) is 18.7 Å². The summed E-state index contributed by atoms with van der Waals surface area (Å²) in [7, 11) is -4.17. The average molecular weight is 476 g/mol. The quantitative estimate of drug-likeness (QED) is 0.408. The van der Waals surface area contributed by atoms with E-state index in [2.05, 4.69) is 20.2 Å². The van der Waals surface area contributed by atoms with E-state index >= 15 is 0 Å². The zero-order chi connectivity index (χ0) is 23.6. The molecular weight excluding hydrogens is 462 g/mol. The predicted octanol–water partition coefficient (Wildman–Crippen LogP) is 4.41. The Hall–Kier alpha value is -4.38. The monoisotopic (exact) mass is 475 g/mol. The van der Waals surface area contributed by atoms with Crippen LogP contribution < -0.4 is 11.1 Å². The van der Waals surface area contributed by atoms with E-state index in [1.54, 1.807) is 42.5 Å². The molecule has 0 aliphatic rings. The van der Waals surface area contributed by atoms with Gasteiger partial charge < -0.3 is 11.1 Å². The molecule has 33 heavy (non-hydrogen) atoms. The molecule has 0 saturated heterocycles. The topological polar surface area (TPSA) is 131 Å². The number of anilines is 3. The molecule has 0 radical (unpaired) electrons. The number of nitriles is 1. The van der Waals surface area contributed by atoms with Crippen LogP contribution in [-0.2, 0) is 10.0 Å². The number of hydrogen-bond donors (Lipinski definition) is 2. The summed E-state index contributed by atoms with van der Waals surface area (Å²) in [6.45, 7) is 6.85. The summed E-state index contributed by atoms with van der Waals surface area (Å²) >= 11 is 6.03. The third-order valence-corrected chi connectivity index (χ3v) is 6.61. The summed E-state index contributed by atoms with van der Waals surface area (Å²) in [5.74, 6) is -0.380. The number of aromatic nitrogens is 3. The summed E-state index contributed by atoms with van der Waals surface area (Å²) in [6.07, 6.45) is 2.96. The van der Waals surface area contributed by atoms with Crippen LogP contribution in [0.5, 0.6) is 0 Å². The van der Waals surface area contributed by atoms with Gasteiger partial charge in [0.1, 0.15) is 6.07 Å². The highest BCUT2D eigenvalue weighted by molar-refractivity contribution is 7.90. The molecule has 11 heteroatoms. The molecule has 0 unspecified atom stereocenters. The summed E-state index contributed by atoms with van der Waals surface area (Å²) in [5.41, 5.74) is 7.40. The molecule has 1 aromatic heterocycles. The smallest absolute Gasteiger partial charge is 0.286 e. The van der Waals surface area contributed by atoms with Crippen LogP contribution in [0.1, 0.15) is 11.1 Å². The first-order chi connectivity index (χ1) is 15.8. The fraction of sp³-hybridized carbons (Fsp3) is 0. The molecule has 0 spiro atoms. The molecule has 4 aromatic rings. The second-order valence-electron chi connectivity index (χ2n) is 6.75. The van der Waals surface area contributed by atoms with Crippen molar-refractivity contribution < 1.29 is 8.42 Å². The third kappa shape index (κ3) is 4.21. The number of nitrogen functional groups attached to an aromatic ring is 1. The minimum absolute atomic E-state index is 0.00489. The summed E-state index contributed by atoms with van der Waals surface area (Å²) < 4.78 is 27.4. The van der Waals surface area contributed by atoms with Gasteiger partial charge in [-0.25, -0.2) is 4.85 Å². The normalized spacial score (nSPS) is 11.4. The van der Waals surface area contributed by atoms with Gasteiger partial charge in [-0.15, -0.1) is 9.19 Å². The van der Waals surface area contributed by atoms with Gasteiger partial charge >= 0.3 is 0 Å². The lowest BCUT2D eigenvalue weighted by atomic mass is 10.1. The minimum Gasteiger partial charge on any atom is -0.367 e. The molecule has 1 heterocycles. The Balaban J connectivity index is 1.72. The van der Waals surface area contributed by atoms with Gasteiger partial charge in [-0.3, -0.25) is 0 Å². The van der Waals surface area contributed by atoms with Crippen molar-refractivity contribution in [1.29, 1.82) is 5.26 Å². The second-order valence-corrected chi connectivity index (χ2v) is 8.90. The molecule has 0 fully saturated rings. The first-order valence-corrected chi connectivity index (χ1v) is 11.2. The molecule has 0 atom stereocenters. The van der Waals surface area contributed by atoms with Crippen molar-refractivity contribution in [1.82, 2.24) is 14.2 Å². The summed E-state index contributed by atoms with van der Waals surface area (Å²) in [5, 5.41) is 17.2. The van der Waals surface area contributed by atoms with Crippen molar-refractivity contribution in [3.05, 3.63) is 88.4 Å². The molecule has 0 saturated carbocycles. The van der Waals surface area contributed by atoms with Crippen LogP contribution in [0.15, 0.2) is 65.7 Å². The average Bonchev–Trinajstić information content (AvgIpc) is 3.17. The molecule has 4 rings (SSSR count). The SMILES string of the molecule is [C-]#[N+]/C=C/c1ccc2c(S(=O)(=O)n3nc(Nc4ccc(C#N)c(Cl)c4)nc3N)cccc2c1. The van der Waals surface area contributed by atoms with Gasteiger partial charge in [-0.1, -0.05) is 41.9 Å². The van der Waals surface area contributed by atoms with Gasteiger partial charge in [-0.05, 0) is 41.3 Å². The Labute approximate surface area is 194 Å². The van der Waals surface area contributed by atoms with E-state index < -0.39 is 10.0 Å². The maximum Gasteiger partial charge on any atom is 0.286 e. The van der Waals surface area contributed by atoms with Gasteiger partial charge in [0.05, 0.1) is 22.1 Å². The Morgan fingerprint density at radius 1 is 1.21 bits per heavy atom. The van der Waals surface area contributed by atoms with Crippen molar-refractivity contribution >= 4 is 56.1 Å². The Morgan fingerprint density at radius 3 is 2.76 bits per heavy atom. The van der Waals surface area contributed by atoms with Crippen molar-refractivity contribution in [3.8, 4) is 6.07 Å². The number of hydrogen-bond acceptors (Lipinski definition) is 7. The van der Waals surface area contributed by atoms with Crippen molar-refractivity contribution in [2.45, 2.75) is 4.90 Å². The lowest BCUT2D eigenvalue weighted by molar-refractivity contribution is 0.582. The zero-order valence-corrected chi connectivity index (χ0v) is 18.3. The predicted molar refractivity (Wildman–Crippen MR) is 126 cm³/mol. The number of rotatable bonds is 5. The standard InChI is InChI=1S/C22H14ClN7O2S/c1-26-10-9-14-5-8-18-15(11-14)3-2-4-20(18)33(31,32)30-21(25)28-22(29-30)27-17-7-6-16(13-24)19(23)12-17/h2-12H,(H3,25,27,28,29)/b10-9+. The van der Waals surface area contributed by atoms with E-state index in [0.29, 0.717) is 26.1 Å². The van der Waals surface area contributed by atoms with Crippen LogP contribution in [0.3, 0.4) is 0 Å². The highest BCUT2D eigenvalue weighted by Crippen LogP contribution is 2.28. The number of halogens is 1. The highest BCUT2D eigenvalue weighted by atomic mass is 35.5. The summed E-state index contributed by atoms with van der Waals surface area (Å²) in [6, 6.07) is 16.6. The van der Waals surface area contributed by atoms with Gasteiger partial charge in [0.15, 0.2) is 6.20 Å². The number of nitrogens with zero attached hydrogens (tertiary/aromatic N) is 5. The molecule has 162 valence electrons. The van der Waals surface area contributed by atoms with E-state index in [0.717, 1.165) is 5.56 Å². The fourth-order valence-electron chi connectivity index (χ4n) is 3.17. The second kappa shape index (κ2) is 8.63. The minimum atomic E-state index is -4.17. The van der Waals surface area contributed by atoms with Crippen molar-refractivity contribution in [3.63, 3.8) is 0 Å². The number of nitrogens with one attached hydrogen (secondary N) is 1. The highest BCUT2D eigenvalue weighted by Gasteiger charge is 2.25. The molecule has 3 aromatic carbocycles. The van der Waals surface area contributed by atoms with Crippen LogP contribution in [0.2, 0.25) is 5.02 Å². The van der Waals surface area contributed by atoms with E-state index in [1.807, 2.05) is 6.07 Å². The molecule has 0 amide bonds. The molecule has 0 aliphatic carbocycles. The third-order valence-electron chi connectivity index (χ3n) is 4.66. The van der Waals surface area contributed by atoms with Gasteiger partial charge in [0, 0.05) is 11.1 Å². The maximum atomic E-state index is 13.4. The molecule has 0 aliphatic heterocycles. The largest absolute Gasteiger partial charge is 0.367 e. The molecule has 3 N–H and O–H groups in total. The molecule has 0 bridgehead atoms. The Bertz CT molecular complexity index is 1610. The number of benzene rings is 3. The number of nitrogens with two attached hydrogens (primary N) is 1. The number of fused-ring (bicyclic) bond motifs is 1. The Morgan fingerprint density at radius 2 is 2.03 bits per heavy atom. The van der Waals surface area contributed by atoms with Crippen LogP contribution in [0, 0.1) is 17.9 Å². The van der Waals surface area contributed by atoms with Crippen LogP contribution in [0.25, 0.3) is 21.7 Å². The van der Waals surface area contributed by atoms with E-state index in [9.17, 15) is 8.42 Å². The van der Waals surface area contributed by atoms with Crippen molar-refractivity contribution in [2.24, 2.45) is 0 Å². The first kappa shape index (κ1) is 21.8. The van der Waals surface area contributed by atoms with E-state index in [4.69, 9.17) is 29.2 Å². The molecular formula is C22H14ClN7O2S. The zero-order valence-electron chi connectivity index (χ0n) is 16.8. The molecule has 9 nitrogen and oxygen atoms in total.